The summed E-state index contributed by atoms with van der Waals surface area (Å²) in [7, 11) is 0. The lowest BCUT2D eigenvalue weighted by Gasteiger charge is -2.34. The number of carbonyl (C=O) groups excluding carboxylic acids is 1. The minimum Gasteiger partial charge on any atom is -0.376 e. The summed E-state index contributed by atoms with van der Waals surface area (Å²) >= 11 is 1.80. The molecule has 0 saturated carbocycles. The molecular formula is C15H23N3O2S. The smallest absolute Gasteiger partial charge is 0.317 e. The van der Waals surface area contributed by atoms with Gasteiger partial charge in [-0.3, -0.25) is 4.90 Å². The van der Waals surface area contributed by atoms with Gasteiger partial charge in [0.1, 0.15) is 0 Å². The third kappa shape index (κ3) is 4.18. The highest BCUT2D eigenvalue weighted by molar-refractivity contribution is 7.09. The third-order valence-corrected chi connectivity index (χ3v) is 4.99. The molecule has 5 nitrogen and oxygen atoms in total. The number of hydrogen-bond donors (Lipinski definition) is 1. The van der Waals surface area contributed by atoms with Crippen LogP contribution in [0.25, 0.3) is 0 Å². The van der Waals surface area contributed by atoms with Crippen molar-refractivity contribution in [3.63, 3.8) is 0 Å². The van der Waals surface area contributed by atoms with Crippen LogP contribution in [0.2, 0.25) is 0 Å². The molecule has 0 aromatic carbocycles. The van der Waals surface area contributed by atoms with Gasteiger partial charge in [0, 0.05) is 50.8 Å². The zero-order valence-electron chi connectivity index (χ0n) is 12.3. The van der Waals surface area contributed by atoms with Crippen molar-refractivity contribution in [3.05, 3.63) is 22.4 Å². The van der Waals surface area contributed by atoms with Crippen molar-refractivity contribution >= 4 is 17.4 Å². The van der Waals surface area contributed by atoms with E-state index in [4.69, 9.17) is 4.74 Å². The van der Waals surface area contributed by atoms with Gasteiger partial charge in [-0.1, -0.05) is 6.07 Å². The molecule has 2 amide bonds. The van der Waals surface area contributed by atoms with E-state index in [9.17, 15) is 4.79 Å². The predicted octanol–water partition coefficient (Wildman–Crippen LogP) is 1.75. The molecule has 1 atom stereocenters. The van der Waals surface area contributed by atoms with Crippen LogP contribution in [0.3, 0.4) is 0 Å². The SMILES string of the molecule is O=C(NCC1CCCO1)N1CCN(Cc2cccs2)CC1. The van der Waals surface area contributed by atoms with E-state index in [0.717, 1.165) is 52.2 Å². The third-order valence-electron chi connectivity index (χ3n) is 4.12. The number of nitrogens with zero attached hydrogens (tertiary/aromatic N) is 2. The van der Waals surface area contributed by atoms with Gasteiger partial charge in [-0.05, 0) is 24.3 Å². The van der Waals surface area contributed by atoms with Gasteiger partial charge in [0.15, 0.2) is 0 Å². The summed E-state index contributed by atoms with van der Waals surface area (Å²) in [4.78, 5) is 17.8. The summed E-state index contributed by atoms with van der Waals surface area (Å²) in [6.07, 6.45) is 2.39. The van der Waals surface area contributed by atoms with Gasteiger partial charge >= 0.3 is 6.03 Å². The van der Waals surface area contributed by atoms with E-state index in [0.29, 0.717) is 6.54 Å². The molecule has 0 bridgehead atoms. The van der Waals surface area contributed by atoms with E-state index in [1.165, 1.54) is 4.88 Å². The van der Waals surface area contributed by atoms with E-state index < -0.39 is 0 Å². The zero-order chi connectivity index (χ0) is 14.5. The number of amides is 2. The molecule has 1 aromatic rings. The maximum absolute atomic E-state index is 12.1. The molecule has 2 fully saturated rings. The fraction of sp³-hybridized carbons (Fsp3) is 0.667. The van der Waals surface area contributed by atoms with Crippen LogP contribution in [-0.2, 0) is 11.3 Å². The Bertz CT molecular complexity index is 438. The number of rotatable bonds is 4. The van der Waals surface area contributed by atoms with Crippen molar-refractivity contribution < 1.29 is 9.53 Å². The number of urea groups is 1. The minimum atomic E-state index is 0.0567. The molecule has 0 radical (unpaired) electrons. The van der Waals surface area contributed by atoms with Crippen LogP contribution in [0.1, 0.15) is 17.7 Å². The minimum absolute atomic E-state index is 0.0567. The summed E-state index contributed by atoms with van der Waals surface area (Å²) < 4.78 is 5.53. The van der Waals surface area contributed by atoms with Gasteiger partial charge in [0.05, 0.1) is 6.10 Å². The Hall–Kier alpha value is -1.11. The number of hydrogen-bond acceptors (Lipinski definition) is 4. The van der Waals surface area contributed by atoms with Crippen LogP contribution in [0.15, 0.2) is 17.5 Å². The number of ether oxygens (including phenoxy) is 1. The highest BCUT2D eigenvalue weighted by Crippen LogP contribution is 2.14. The molecule has 1 unspecified atom stereocenters. The highest BCUT2D eigenvalue weighted by Gasteiger charge is 2.22. The second-order valence-corrected chi connectivity index (χ2v) is 6.70. The van der Waals surface area contributed by atoms with Crippen molar-refractivity contribution in [1.82, 2.24) is 15.1 Å². The topological polar surface area (TPSA) is 44.8 Å². The molecule has 0 aliphatic carbocycles. The zero-order valence-corrected chi connectivity index (χ0v) is 13.1. The Kier molecular flexibility index (Phi) is 5.11. The van der Waals surface area contributed by atoms with Crippen molar-refractivity contribution in [2.24, 2.45) is 0 Å². The van der Waals surface area contributed by atoms with Gasteiger partial charge in [-0.2, -0.15) is 0 Å². The Balaban J connectivity index is 1.37. The molecule has 21 heavy (non-hydrogen) atoms. The molecule has 0 spiro atoms. The highest BCUT2D eigenvalue weighted by atomic mass is 32.1. The maximum atomic E-state index is 12.1. The number of thiophene rings is 1. The van der Waals surface area contributed by atoms with E-state index in [1.807, 2.05) is 4.90 Å². The first-order valence-corrected chi connectivity index (χ1v) is 8.58. The molecule has 6 heteroatoms. The average Bonchev–Trinajstić information content (AvgIpc) is 3.19. The van der Waals surface area contributed by atoms with Crippen molar-refractivity contribution in [1.29, 1.82) is 0 Å². The Morgan fingerprint density at radius 3 is 2.90 bits per heavy atom. The summed E-state index contributed by atoms with van der Waals surface area (Å²) in [5.74, 6) is 0. The first-order chi connectivity index (χ1) is 10.3. The Morgan fingerprint density at radius 1 is 1.38 bits per heavy atom. The number of nitrogens with one attached hydrogen (secondary N) is 1. The summed E-state index contributed by atoms with van der Waals surface area (Å²) in [5.41, 5.74) is 0. The van der Waals surface area contributed by atoms with E-state index in [-0.39, 0.29) is 12.1 Å². The normalized spacial score (nSPS) is 23.4. The lowest BCUT2D eigenvalue weighted by Crippen LogP contribution is -2.52. The Morgan fingerprint density at radius 2 is 2.24 bits per heavy atom. The largest absolute Gasteiger partial charge is 0.376 e. The van der Waals surface area contributed by atoms with Gasteiger partial charge in [-0.15, -0.1) is 11.3 Å². The first-order valence-electron chi connectivity index (χ1n) is 7.70. The van der Waals surface area contributed by atoms with Crippen molar-refractivity contribution in [2.75, 3.05) is 39.3 Å². The number of carbonyl (C=O) groups is 1. The fourth-order valence-electron chi connectivity index (χ4n) is 2.85. The Labute approximate surface area is 129 Å². The van der Waals surface area contributed by atoms with Crippen molar-refractivity contribution in [3.8, 4) is 0 Å². The standard InChI is InChI=1S/C15H23N3O2S/c19-15(16-11-13-3-1-9-20-13)18-7-5-17(6-8-18)12-14-4-2-10-21-14/h2,4,10,13H,1,3,5-9,11-12H2,(H,16,19). The predicted molar refractivity (Wildman–Crippen MR) is 83.5 cm³/mol. The summed E-state index contributed by atoms with van der Waals surface area (Å²) in [6.45, 7) is 6.00. The molecule has 116 valence electrons. The molecule has 2 aliphatic rings. The van der Waals surface area contributed by atoms with Crippen LogP contribution in [0.4, 0.5) is 4.79 Å². The summed E-state index contributed by atoms with van der Waals surface area (Å²) in [5, 5.41) is 5.12. The van der Waals surface area contributed by atoms with Gasteiger partial charge in [0.2, 0.25) is 0 Å². The lowest BCUT2D eigenvalue weighted by atomic mass is 10.2. The van der Waals surface area contributed by atoms with E-state index in [1.54, 1.807) is 11.3 Å². The molecule has 1 aromatic heterocycles. The summed E-state index contributed by atoms with van der Waals surface area (Å²) in [6, 6.07) is 4.32. The van der Waals surface area contributed by atoms with Gasteiger partial charge in [0.25, 0.3) is 0 Å². The quantitative estimate of drug-likeness (QED) is 0.922. The second kappa shape index (κ2) is 7.24. The average molecular weight is 309 g/mol. The van der Waals surface area contributed by atoms with E-state index in [2.05, 4.69) is 27.7 Å². The fourth-order valence-corrected chi connectivity index (χ4v) is 3.60. The monoisotopic (exact) mass is 309 g/mol. The molecule has 2 saturated heterocycles. The first kappa shape index (κ1) is 14.8. The maximum Gasteiger partial charge on any atom is 0.317 e. The molecule has 1 N–H and O–H groups in total. The molecule has 3 rings (SSSR count). The van der Waals surface area contributed by atoms with Crippen LogP contribution in [0.5, 0.6) is 0 Å². The second-order valence-electron chi connectivity index (χ2n) is 5.66. The van der Waals surface area contributed by atoms with Gasteiger partial charge in [-0.25, -0.2) is 4.79 Å². The van der Waals surface area contributed by atoms with Crippen LogP contribution in [0, 0.1) is 0 Å². The van der Waals surface area contributed by atoms with Crippen LogP contribution >= 0.6 is 11.3 Å². The molecular weight excluding hydrogens is 286 g/mol. The van der Waals surface area contributed by atoms with Crippen molar-refractivity contribution in [2.45, 2.75) is 25.5 Å². The van der Waals surface area contributed by atoms with E-state index >= 15 is 0 Å². The lowest BCUT2D eigenvalue weighted by molar-refractivity contribution is 0.104. The molecule has 2 aliphatic heterocycles. The molecule has 3 heterocycles. The van der Waals surface area contributed by atoms with Crippen LogP contribution in [-0.4, -0.2) is 61.3 Å². The van der Waals surface area contributed by atoms with Crippen LogP contribution < -0.4 is 5.32 Å². The van der Waals surface area contributed by atoms with Gasteiger partial charge < -0.3 is 15.0 Å². The number of piperazine rings is 1.